The smallest absolute Gasteiger partial charge is 0.317 e. The van der Waals surface area contributed by atoms with E-state index in [4.69, 9.17) is 16.3 Å². The predicted molar refractivity (Wildman–Crippen MR) is 128 cm³/mol. The van der Waals surface area contributed by atoms with Crippen LogP contribution in [0.25, 0.3) is 0 Å². The molecular formula is C24H30ClN5O2. The average Bonchev–Trinajstić information content (AvgIpc) is 3.23. The third-order valence-electron chi connectivity index (χ3n) is 6.78. The molecule has 2 atom stereocenters. The standard InChI is InChI=1S/C24H30ClN5O2/c25-18-1-3-19(4-2-18)30-16-22(21-5-8-26-15-23(21)30)17-6-10-29(11-7-17)24(31)28-14-20-13-27-9-12-32-20/h1-5,8,16-17,20,23,27H,6-7,9-15H2,(H,28,31). The zero-order valence-corrected chi connectivity index (χ0v) is 18.9. The van der Waals surface area contributed by atoms with Crippen molar-refractivity contribution in [3.63, 3.8) is 0 Å². The highest BCUT2D eigenvalue weighted by Crippen LogP contribution is 2.40. The summed E-state index contributed by atoms with van der Waals surface area (Å²) in [4.78, 5) is 21.4. The molecule has 2 N–H and O–H groups in total. The van der Waals surface area contributed by atoms with E-state index in [0.717, 1.165) is 56.3 Å². The van der Waals surface area contributed by atoms with Gasteiger partial charge in [-0.3, -0.25) is 4.99 Å². The van der Waals surface area contributed by atoms with Gasteiger partial charge in [-0.05, 0) is 60.2 Å². The lowest BCUT2D eigenvalue weighted by atomic mass is 9.84. The molecule has 4 heterocycles. The first-order valence-corrected chi connectivity index (χ1v) is 11.9. The van der Waals surface area contributed by atoms with Crippen LogP contribution in [-0.4, -0.2) is 75.2 Å². The minimum atomic E-state index is 0.0164. The Labute approximate surface area is 194 Å². The van der Waals surface area contributed by atoms with Gasteiger partial charge in [0, 0.05) is 55.8 Å². The van der Waals surface area contributed by atoms with Crippen molar-refractivity contribution >= 4 is 29.5 Å². The number of carbonyl (C=O) groups excluding carboxylic acids is 1. The summed E-state index contributed by atoms with van der Waals surface area (Å²) < 4.78 is 5.67. The van der Waals surface area contributed by atoms with E-state index in [1.54, 1.807) is 0 Å². The Kier molecular flexibility index (Phi) is 6.48. The van der Waals surface area contributed by atoms with E-state index in [9.17, 15) is 4.79 Å². The number of anilines is 1. The molecule has 32 heavy (non-hydrogen) atoms. The Bertz CT molecular complexity index is 915. The molecule has 0 aromatic heterocycles. The van der Waals surface area contributed by atoms with Gasteiger partial charge in [0.1, 0.15) is 0 Å². The maximum Gasteiger partial charge on any atom is 0.317 e. The number of hydrogen-bond acceptors (Lipinski definition) is 5. The third kappa shape index (κ3) is 4.56. The van der Waals surface area contributed by atoms with Crippen LogP contribution < -0.4 is 15.5 Å². The molecular weight excluding hydrogens is 426 g/mol. The van der Waals surface area contributed by atoms with Crippen LogP contribution >= 0.6 is 11.6 Å². The van der Waals surface area contributed by atoms with Crippen LogP contribution in [0.4, 0.5) is 10.5 Å². The van der Waals surface area contributed by atoms with Crippen LogP contribution in [0.3, 0.4) is 0 Å². The molecule has 1 aromatic rings. The fraction of sp³-hybridized carbons (Fsp3) is 0.500. The summed E-state index contributed by atoms with van der Waals surface area (Å²) in [5.41, 5.74) is 3.88. The average molecular weight is 456 g/mol. The summed E-state index contributed by atoms with van der Waals surface area (Å²) in [5.74, 6) is 0.447. The Balaban J connectivity index is 1.21. The lowest BCUT2D eigenvalue weighted by Gasteiger charge is -2.34. The van der Waals surface area contributed by atoms with Crippen molar-refractivity contribution in [2.24, 2.45) is 10.9 Å². The summed E-state index contributed by atoms with van der Waals surface area (Å²) >= 11 is 6.10. The van der Waals surface area contributed by atoms with E-state index in [1.165, 1.54) is 11.1 Å². The number of morpholine rings is 1. The normalized spacial score (nSPS) is 25.9. The molecule has 2 amide bonds. The van der Waals surface area contributed by atoms with Crippen LogP contribution in [-0.2, 0) is 4.74 Å². The second kappa shape index (κ2) is 9.65. The molecule has 5 rings (SSSR count). The zero-order valence-electron chi connectivity index (χ0n) is 18.2. The van der Waals surface area contributed by atoms with Crippen LogP contribution in [0, 0.1) is 5.92 Å². The fourth-order valence-electron chi connectivity index (χ4n) is 5.01. The van der Waals surface area contributed by atoms with Crippen LogP contribution in [0.2, 0.25) is 5.02 Å². The third-order valence-corrected chi connectivity index (χ3v) is 7.03. The van der Waals surface area contributed by atoms with Gasteiger partial charge in [0.15, 0.2) is 0 Å². The molecule has 4 aliphatic rings. The lowest BCUT2D eigenvalue weighted by Crippen LogP contribution is -2.50. The van der Waals surface area contributed by atoms with Gasteiger partial charge >= 0.3 is 6.03 Å². The van der Waals surface area contributed by atoms with Crippen molar-refractivity contribution in [3.05, 3.63) is 52.7 Å². The highest BCUT2D eigenvalue weighted by molar-refractivity contribution is 6.30. The van der Waals surface area contributed by atoms with Gasteiger partial charge in [-0.15, -0.1) is 0 Å². The summed E-state index contributed by atoms with van der Waals surface area (Å²) in [6, 6.07) is 8.25. The van der Waals surface area contributed by atoms with Gasteiger partial charge < -0.3 is 25.2 Å². The number of likely N-dealkylation sites (tertiary alicyclic amines) is 1. The van der Waals surface area contributed by atoms with Crippen molar-refractivity contribution < 1.29 is 9.53 Å². The monoisotopic (exact) mass is 455 g/mol. The number of piperidine rings is 1. The zero-order chi connectivity index (χ0) is 21.9. The van der Waals surface area contributed by atoms with E-state index in [-0.39, 0.29) is 18.2 Å². The molecule has 170 valence electrons. The Hall–Kier alpha value is -2.35. The first-order valence-electron chi connectivity index (χ1n) is 11.5. The van der Waals surface area contributed by atoms with E-state index in [1.807, 2.05) is 23.2 Å². The van der Waals surface area contributed by atoms with E-state index in [0.29, 0.717) is 19.1 Å². The summed E-state index contributed by atoms with van der Waals surface area (Å²) in [6.45, 7) is 5.23. The van der Waals surface area contributed by atoms with Crippen molar-refractivity contribution in [3.8, 4) is 0 Å². The van der Waals surface area contributed by atoms with E-state index < -0.39 is 0 Å². The first kappa shape index (κ1) is 21.5. The molecule has 0 bridgehead atoms. The minimum Gasteiger partial charge on any atom is -0.374 e. The summed E-state index contributed by atoms with van der Waals surface area (Å²) in [5, 5.41) is 7.08. The van der Waals surface area contributed by atoms with E-state index in [2.05, 4.69) is 44.9 Å². The number of benzene rings is 1. The maximum atomic E-state index is 12.6. The second-order valence-corrected chi connectivity index (χ2v) is 9.20. The number of nitrogens with zero attached hydrogens (tertiary/aromatic N) is 3. The Morgan fingerprint density at radius 3 is 2.78 bits per heavy atom. The molecule has 0 aliphatic carbocycles. The molecule has 0 radical (unpaired) electrons. The summed E-state index contributed by atoms with van der Waals surface area (Å²) in [6.07, 6.45) is 8.38. The number of hydrogen-bond donors (Lipinski definition) is 2. The number of fused-ring (bicyclic) bond motifs is 1. The molecule has 2 unspecified atom stereocenters. The highest BCUT2D eigenvalue weighted by atomic mass is 35.5. The number of halogens is 1. The predicted octanol–water partition coefficient (Wildman–Crippen LogP) is 2.83. The number of ether oxygens (including phenoxy) is 1. The van der Waals surface area contributed by atoms with Gasteiger partial charge in [-0.1, -0.05) is 11.6 Å². The van der Waals surface area contributed by atoms with Gasteiger partial charge in [-0.25, -0.2) is 4.79 Å². The first-order chi connectivity index (χ1) is 15.7. The quantitative estimate of drug-likeness (QED) is 0.732. The Morgan fingerprint density at radius 2 is 2.03 bits per heavy atom. The number of nitrogens with one attached hydrogen (secondary N) is 2. The van der Waals surface area contributed by atoms with Crippen molar-refractivity contribution in [2.75, 3.05) is 50.8 Å². The number of carbonyl (C=O) groups is 1. The van der Waals surface area contributed by atoms with Crippen molar-refractivity contribution in [1.29, 1.82) is 0 Å². The van der Waals surface area contributed by atoms with Gasteiger partial charge in [-0.2, -0.15) is 0 Å². The molecule has 1 aromatic carbocycles. The van der Waals surface area contributed by atoms with Crippen LogP contribution in [0.1, 0.15) is 12.8 Å². The number of dihydropyridines is 1. The van der Waals surface area contributed by atoms with E-state index >= 15 is 0 Å². The van der Waals surface area contributed by atoms with Crippen LogP contribution in [0.5, 0.6) is 0 Å². The number of aliphatic imine (C=N–C) groups is 1. The van der Waals surface area contributed by atoms with Crippen LogP contribution in [0.15, 0.2) is 52.7 Å². The van der Waals surface area contributed by atoms with Crippen molar-refractivity contribution in [1.82, 2.24) is 15.5 Å². The topological polar surface area (TPSA) is 69.2 Å². The molecule has 2 saturated heterocycles. The molecule has 2 fully saturated rings. The number of amides is 2. The van der Waals surface area contributed by atoms with Gasteiger partial charge in [0.05, 0.1) is 25.3 Å². The largest absolute Gasteiger partial charge is 0.374 e. The number of urea groups is 1. The van der Waals surface area contributed by atoms with Gasteiger partial charge in [0.2, 0.25) is 0 Å². The highest BCUT2D eigenvalue weighted by Gasteiger charge is 2.36. The number of rotatable bonds is 4. The SMILES string of the molecule is O=C(NCC1CNCCO1)N1CCC(C2=CN(c3ccc(Cl)cc3)C3CN=CC=C23)CC1. The number of allylic oxidation sites excluding steroid dienone is 1. The molecule has 7 nitrogen and oxygen atoms in total. The van der Waals surface area contributed by atoms with Gasteiger partial charge in [0.25, 0.3) is 0 Å². The minimum absolute atomic E-state index is 0.0164. The molecule has 8 heteroatoms. The summed E-state index contributed by atoms with van der Waals surface area (Å²) in [7, 11) is 0. The molecule has 0 saturated carbocycles. The fourth-order valence-corrected chi connectivity index (χ4v) is 5.14. The van der Waals surface area contributed by atoms with Crippen molar-refractivity contribution in [2.45, 2.75) is 25.0 Å². The lowest BCUT2D eigenvalue weighted by molar-refractivity contribution is 0.0297. The molecule has 4 aliphatic heterocycles. The maximum absolute atomic E-state index is 12.6. The second-order valence-electron chi connectivity index (χ2n) is 8.76. The Morgan fingerprint density at radius 1 is 1.22 bits per heavy atom. The molecule has 0 spiro atoms.